The van der Waals surface area contributed by atoms with E-state index in [1.54, 1.807) is 0 Å². The molecule has 1 fully saturated rings. The lowest BCUT2D eigenvalue weighted by atomic mass is 10.1. The van der Waals surface area contributed by atoms with Gasteiger partial charge in [-0.25, -0.2) is 0 Å². The summed E-state index contributed by atoms with van der Waals surface area (Å²) in [7, 11) is 0. The number of unbranched alkanes of at least 4 members (excludes halogenated alkanes) is 9. The van der Waals surface area contributed by atoms with Crippen LogP contribution < -0.4 is 5.32 Å². The molecule has 1 heterocycles. The van der Waals surface area contributed by atoms with Crippen LogP contribution in [0, 0.1) is 0 Å². The lowest BCUT2D eigenvalue weighted by molar-refractivity contribution is -0.146. The second kappa shape index (κ2) is 14.3. The Balaban J connectivity index is 0.00000441. The van der Waals surface area contributed by atoms with E-state index in [0.29, 0.717) is 19.6 Å². The molecule has 0 amide bonds. The second-order valence-electron chi connectivity index (χ2n) is 6.20. The van der Waals surface area contributed by atoms with Gasteiger partial charge in [-0.15, -0.1) is 12.4 Å². The Morgan fingerprint density at radius 3 is 2.09 bits per heavy atom. The van der Waals surface area contributed by atoms with Crippen LogP contribution >= 0.6 is 12.4 Å². The minimum Gasteiger partial charge on any atom is -0.465 e. The van der Waals surface area contributed by atoms with Crippen molar-refractivity contribution < 1.29 is 14.6 Å². The van der Waals surface area contributed by atoms with E-state index in [4.69, 9.17) is 4.74 Å². The van der Waals surface area contributed by atoms with Gasteiger partial charge in [0.05, 0.1) is 12.7 Å². The fourth-order valence-electron chi connectivity index (χ4n) is 2.76. The van der Waals surface area contributed by atoms with Gasteiger partial charge < -0.3 is 15.2 Å². The summed E-state index contributed by atoms with van der Waals surface area (Å²) in [6.07, 6.45) is 12.9. The number of nitrogens with one attached hydrogen (secondary N) is 1. The average Bonchev–Trinajstić information content (AvgIpc) is 2.91. The molecule has 1 aliphatic rings. The number of esters is 1. The molecule has 0 spiro atoms. The van der Waals surface area contributed by atoms with Crippen molar-refractivity contribution in [1.82, 2.24) is 5.32 Å². The summed E-state index contributed by atoms with van der Waals surface area (Å²) in [5, 5.41) is 12.3. The summed E-state index contributed by atoms with van der Waals surface area (Å²) in [4.78, 5) is 11.7. The van der Waals surface area contributed by atoms with Crippen molar-refractivity contribution in [3.05, 3.63) is 0 Å². The molecule has 5 heteroatoms. The molecule has 0 aliphatic carbocycles. The number of carbonyl (C=O) groups is 1. The number of hydrogen-bond donors (Lipinski definition) is 2. The van der Waals surface area contributed by atoms with Crippen LogP contribution in [0.3, 0.4) is 0 Å². The third-order valence-corrected chi connectivity index (χ3v) is 4.13. The maximum Gasteiger partial charge on any atom is 0.323 e. The summed E-state index contributed by atoms with van der Waals surface area (Å²) in [6.45, 7) is 3.26. The Kier molecular flexibility index (Phi) is 14.1. The molecule has 0 bridgehead atoms. The topological polar surface area (TPSA) is 58.6 Å². The van der Waals surface area contributed by atoms with E-state index in [1.807, 2.05) is 0 Å². The highest BCUT2D eigenvalue weighted by Crippen LogP contribution is 2.11. The Labute approximate surface area is 141 Å². The molecule has 0 aromatic heterocycles. The summed E-state index contributed by atoms with van der Waals surface area (Å²) in [5.74, 6) is -0.206. The van der Waals surface area contributed by atoms with E-state index in [-0.39, 0.29) is 24.4 Å². The molecule has 0 aromatic rings. The van der Waals surface area contributed by atoms with Crippen LogP contribution in [-0.4, -0.2) is 36.4 Å². The van der Waals surface area contributed by atoms with Crippen molar-refractivity contribution in [2.45, 2.75) is 89.7 Å². The smallest absolute Gasteiger partial charge is 0.323 e. The van der Waals surface area contributed by atoms with Gasteiger partial charge in [-0.05, 0) is 6.42 Å². The first-order valence-corrected chi connectivity index (χ1v) is 8.82. The second-order valence-corrected chi connectivity index (χ2v) is 6.20. The first-order chi connectivity index (χ1) is 10.2. The molecule has 1 rings (SSSR count). The molecular weight excluding hydrogens is 302 g/mol. The molecule has 0 saturated carbocycles. The predicted octanol–water partition coefficient (Wildman–Crippen LogP) is 3.60. The van der Waals surface area contributed by atoms with Gasteiger partial charge in [0.25, 0.3) is 0 Å². The summed E-state index contributed by atoms with van der Waals surface area (Å²) in [6, 6.07) is -0.303. The highest BCUT2D eigenvalue weighted by Gasteiger charge is 2.28. The molecule has 4 nitrogen and oxygen atoms in total. The zero-order valence-corrected chi connectivity index (χ0v) is 14.8. The largest absolute Gasteiger partial charge is 0.465 e. The first kappa shape index (κ1) is 21.7. The number of aliphatic hydroxyl groups is 1. The number of β-amino-alcohol motifs (C(OH)–C–C–N with tert-alkyl or cyclic N) is 1. The molecule has 0 aromatic carbocycles. The molecule has 0 radical (unpaired) electrons. The molecular formula is C17H34ClNO3. The van der Waals surface area contributed by atoms with Gasteiger partial charge in [-0.2, -0.15) is 0 Å². The average molecular weight is 336 g/mol. The van der Waals surface area contributed by atoms with Gasteiger partial charge in [-0.1, -0.05) is 64.7 Å². The van der Waals surface area contributed by atoms with Crippen molar-refractivity contribution in [3.63, 3.8) is 0 Å². The van der Waals surface area contributed by atoms with E-state index in [9.17, 15) is 9.90 Å². The van der Waals surface area contributed by atoms with E-state index in [2.05, 4.69) is 12.2 Å². The minimum absolute atomic E-state index is 0. The molecule has 0 unspecified atom stereocenters. The van der Waals surface area contributed by atoms with Crippen molar-refractivity contribution in [2.24, 2.45) is 0 Å². The fraction of sp³-hybridized carbons (Fsp3) is 0.941. The Hall–Kier alpha value is -0.320. The van der Waals surface area contributed by atoms with Gasteiger partial charge in [0, 0.05) is 13.0 Å². The predicted molar refractivity (Wildman–Crippen MR) is 92.5 cm³/mol. The van der Waals surface area contributed by atoms with Gasteiger partial charge in [0.2, 0.25) is 0 Å². The third-order valence-electron chi connectivity index (χ3n) is 4.13. The summed E-state index contributed by atoms with van der Waals surface area (Å²) >= 11 is 0. The van der Waals surface area contributed by atoms with E-state index in [0.717, 1.165) is 12.8 Å². The highest BCUT2D eigenvalue weighted by molar-refractivity contribution is 5.85. The SMILES string of the molecule is CCCCCCCCCCCCOC(=O)[C@@H]1C[C@@H](O)CN1.Cl. The van der Waals surface area contributed by atoms with Crippen LogP contribution in [0.25, 0.3) is 0 Å². The normalized spacial score (nSPS) is 20.6. The number of aliphatic hydroxyl groups excluding tert-OH is 1. The quantitative estimate of drug-likeness (QED) is 0.422. The highest BCUT2D eigenvalue weighted by atomic mass is 35.5. The van der Waals surface area contributed by atoms with E-state index in [1.165, 1.54) is 51.4 Å². The molecule has 1 aliphatic heterocycles. The van der Waals surface area contributed by atoms with Crippen molar-refractivity contribution in [1.29, 1.82) is 0 Å². The monoisotopic (exact) mass is 335 g/mol. The van der Waals surface area contributed by atoms with Gasteiger partial charge in [0.15, 0.2) is 0 Å². The Morgan fingerprint density at radius 1 is 1.05 bits per heavy atom. The maximum atomic E-state index is 11.7. The minimum atomic E-state index is -0.403. The number of carbonyl (C=O) groups excluding carboxylic acids is 1. The zero-order valence-electron chi connectivity index (χ0n) is 14.0. The third kappa shape index (κ3) is 10.4. The lowest BCUT2D eigenvalue weighted by Crippen LogP contribution is -2.32. The van der Waals surface area contributed by atoms with Gasteiger partial charge in [-0.3, -0.25) is 4.79 Å². The molecule has 2 N–H and O–H groups in total. The fourth-order valence-corrected chi connectivity index (χ4v) is 2.76. The van der Waals surface area contributed by atoms with Crippen LogP contribution in [-0.2, 0) is 9.53 Å². The number of halogens is 1. The number of hydrogen-bond acceptors (Lipinski definition) is 4. The molecule has 132 valence electrons. The van der Waals surface area contributed by atoms with Crippen molar-refractivity contribution in [2.75, 3.05) is 13.2 Å². The van der Waals surface area contributed by atoms with E-state index < -0.39 is 6.10 Å². The molecule has 22 heavy (non-hydrogen) atoms. The Morgan fingerprint density at radius 2 is 1.59 bits per heavy atom. The number of ether oxygens (including phenoxy) is 1. The van der Waals surface area contributed by atoms with Gasteiger partial charge >= 0.3 is 5.97 Å². The van der Waals surface area contributed by atoms with Crippen molar-refractivity contribution in [3.8, 4) is 0 Å². The van der Waals surface area contributed by atoms with Crippen LogP contribution in [0.1, 0.15) is 77.6 Å². The first-order valence-electron chi connectivity index (χ1n) is 8.82. The van der Waals surface area contributed by atoms with E-state index >= 15 is 0 Å². The van der Waals surface area contributed by atoms with Crippen LogP contribution in [0.2, 0.25) is 0 Å². The number of rotatable bonds is 12. The molecule has 1 saturated heterocycles. The zero-order chi connectivity index (χ0) is 15.3. The summed E-state index contributed by atoms with van der Waals surface area (Å²) in [5.41, 5.74) is 0. The molecule has 2 atom stereocenters. The van der Waals surface area contributed by atoms with Crippen LogP contribution in [0.15, 0.2) is 0 Å². The summed E-state index contributed by atoms with van der Waals surface area (Å²) < 4.78 is 5.23. The van der Waals surface area contributed by atoms with Crippen LogP contribution in [0.5, 0.6) is 0 Å². The van der Waals surface area contributed by atoms with Crippen LogP contribution in [0.4, 0.5) is 0 Å². The van der Waals surface area contributed by atoms with Crippen molar-refractivity contribution >= 4 is 18.4 Å². The Bertz CT molecular complexity index is 277. The standard InChI is InChI=1S/C17H33NO3.ClH/c1-2-3-4-5-6-7-8-9-10-11-12-21-17(20)16-13-15(19)14-18-16;/h15-16,18-19H,2-14H2,1H3;1H/t15-,16+;/m1./s1. The van der Waals surface area contributed by atoms with Gasteiger partial charge in [0.1, 0.15) is 6.04 Å². The lowest BCUT2D eigenvalue weighted by Gasteiger charge is -2.10. The maximum absolute atomic E-state index is 11.7.